The SMILES string of the molecule is O=C1c2ccccc2C(=O)N1I(c1ccccc1)N1C(=O)c2ccccc2C1=O. The Morgan fingerprint density at radius 3 is 1.10 bits per heavy atom. The van der Waals surface area contributed by atoms with Crippen molar-refractivity contribution < 1.29 is 19.2 Å². The monoisotopic (exact) mass is 496 g/mol. The van der Waals surface area contributed by atoms with E-state index in [9.17, 15) is 19.2 Å². The van der Waals surface area contributed by atoms with Gasteiger partial charge in [0, 0.05) is 0 Å². The third-order valence-electron chi connectivity index (χ3n) is 4.74. The van der Waals surface area contributed by atoms with Crippen molar-refractivity contribution in [1.82, 2.24) is 6.23 Å². The van der Waals surface area contributed by atoms with Gasteiger partial charge in [0.15, 0.2) is 0 Å². The van der Waals surface area contributed by atoms with Gasteiger partial charge in [-0.2, -0.15) is 0 Å². The zero-order valence-corrected chi connectivity index (χ0v) is 17.1. The summed E-state index contributed by atoms with van der Waals surface area (Å²) in [5.41, 5.74) is 1.19. The van der Waals surface area contributed by atoms with E-state index in [2.05, 4.69) is 0 Å². The van der Waals surface area contributed by atoms with Crippen molar-refractivity contribution in [2.45, 2.75) is 0 Å². The standard InChI is InChI=1S/C22H13IN2O4/c26-19-15-10-4-5-11-16(15)20(27)24(19)23(14-8-2-1-3-9-14)25-21(28)17-12-6-7-13-18(17)22(25)29/h1-13H. The zero-order chi connectivity index (χ0) is 20.1. The van der Waals surface area contributed by atoms with Crippen LogP contribution in [-0.4, -0.2) is 29.9 Å². The van der Waals surface area contributed by atoms with Crippen molar-refractivity contribution in [3.63, 3.8) is 0 Å². The molecule has 142 valence electrons. The van der Waals surface area contributed by atoms with Gasteiger partial charge in [-0.05, 0) is 0 Å². The summed E-state index contributed by atoms with van der Waals surface area (Å²) in [6.45, 7) is 0. The van der Waals surface area contributed by atoms with E-state index >= 15 is 0 Å². The van der Waals surface area contributed by atoms with Crippen molar-refractivity contribution in [1.29, 1.82) is 0 Å². The van der Waals surface area contributed by atoms with Crippen LogP contribution in [0.1, 0.15) is 41.4 Å². The van der Waals surface area contributed by atoms with Crippen LogP contribution in [0.3, 0.4) is 0 Å². The Bertz CT molecular complexity index is 1060. The average molecular weight is 496 g/mol. The summed E-state index contributed by atoms with van der Waals surface area (Å²) in [5, 5.41) is 0. The van der Waals surface area contributed by atoms with E-state index in [0.717, 1.165) is 6.23 Å². The maximum absolute atomic E-state index is 13.2. The van der Waals surface area contributed by atoms with Gasteiger partial charge >= 0.3 is 174 Å². The first-order valence-corrected chi connectivity index (χ1v) is 11.8. The summed E-state index contributed by atoms with van der Waals surface area (Å²) in [6, 6.07) is 22.0. The van der Waals surface area contributed by atoms with Crippen LogP contribution in [0.5, 0.6) is 0 Å². The Labute approximate surface area is 173 Å². The molecular formula is C22H13IN2O4. The number of benzene rings is 3. The number of hydrogen-bond acceptors (Lipinski definition) is 4. The Morgan fingerprint density at radius 1 is 0.448 bits per heavy atom. The van der Waals surface area contributed by atoms with Gasteiger partial charge in [0.25, 0.3) is 0 Å². The molecule has 0 bridgehead atoms. The molecule has 0 spiro atoms. The molecular weight excluding hydrogens is 483 g/mol. The van der Waals surface area contributed by atoms with Gasteiger partial charge in [0.05, 0.1) is 0 Å². The number of nitrogens with zero attached hydrogens (tertiary/aromatic N) is 2. The van der Waals surface area contributed by atoms with E-state index in [4.69, 9.17) is 0 Å². The Kier molecular flexibility index (Phi) is 4.06. The molecule has 2 heterocycles. The molecule has 0 aliphatic carbocycles. The first kappa shape index (κ1) is 17.7. The number of imide groups is 2. The minimum atomic E-state index is -3.27. The van der Waals surface area contributed by atoms with Crippen molar-refractivity contribution >= 4 is 44.0 Å². The average Bonchev–Trinajstić information content (AvgIpc) is 3.16. The van der Waals surface area contributed by atoms with Crippen LogP contribution in [-0.2, 0) is 0 Å². The van der Waals surface area contributed by atoms with E-state index in [0.29, 0.717) is 25.8 Å². The van der Waals surface area contributed by atoms with Gasteiger partial charge in [-0.15, -0.1) is 0 Å². The van der Waals surface area contributed by atoms with Gasteiger partial charge in [-0.3, -0.25) is 0 Å². The third-order valence-corrected chi connectivity index (χ3v) is 10.2. The van der Waals surface area contributed by atoms with Crippen LogP contribution in [0.25, 0.3) is 0 Å². The second-order valence-corrected chi connectivity index (χ2v) is 11.0. The van der Waals surface area contributed by atoms with Crippen LogP contribution in [0, 0.1) is 3.57 Å². The number of amides is 4. The summed E-state index contributed by atoms with van der Waals surface area (Å²) < 4.78 is 2.97. The molecule has 3 aromatic carbocycles. The molecule has 0 N–H and O–H groups in total. The van der Waals surface area contributed by atoms with E-state index < -0.39 is 44.0 Å². The fourth-order valence-electron chi connectivity index (χ4n) is 3.41. The van der Waals surface area contributed by atoms with Crippen molar-refractivity contribution in [3.05, 3.63) is 105 Å². The van der Waals surface area contributed by atoms with Crippen molar-refractivity contribution in [2.75, 3.05) is 0 Å². The second-order valence-electron chi connectivity index (χ2n) is 6.41. The fourth-order valence-corrected chi connectivity index (χ4v) is 8.71. The summed E-state index contributed by atoms with van der Waals surface area (Å²) in [6.07, 6.45) is 0. The van der Waals surface area contributed by atoms with Gasteiger partial charge in [0.1, 0.15) is 0 Å². The van der Waals surface area contributed by atoms with Gasteiger partial charge < -0.3 is 0 Å². The molecule has 0 fully saturated rings. The van der Waals surface area contributed by atoms with E-state index in [1.54, 1.807) is 72.8 Å². The first-order valence-electron chi connectivity index (χ1n) is 8.80. The molecule has 4 amide bonds. The molecule has 0 radical (unpaired) electrons. The molecule has 0 atom stereocenters. The summed E-state index contributed by atoms with van der Waals surface area (Å²) in [4.78, 5) is 52.6. The predicted molar refractivity (Wildman–Crippen MR) is 113 cm³/mol. The molecule has 0 unspecified atom stereocenters. The Hall–Kier alpha value is -3.33. The topological polar surface area (TPSA) is 74.8 Å². The Balaban J connectivity index is 1.68. The first-order chi connectivity index (χ1) is 14.1. The number of halogens is 1. The van der Waals surface area contributed by atoms with Crippen molar-refractivity contribution in [2.24, 2.45) is 0 Å². The second kappa shape index (κ2) is 6.63. The van der Waals surface area contributed by atoms with Crippen LogP contribution >= 0.6 is 20.4 Å². The summed E-state index contributed by atoms with van der Waals surface area (Å²) >= 11 is -3.27. The molecule has 5 rings (SSSR count). The number of fused-ring (bicyclic) bond motifs is 2. The molecule has 0 saturated carbocycles. The molecule has 7 heteroatoms. The quantitative estimate of drug-likeness (QED) is 0.314. The van der Waals surface area contributed by atoms with Gasteiger partial charge in [0.2, 0.25) is 0 Å². The van der Waals surface area contributed by atoms with Crippen LogP contribution in [0.2, 0.25) is 0 Å². The van der Waals surface area contributed by atoms with E-state index in [1.807, 2.05) is 6.07 Å². The molecule has 6 nitrogen and oxygen atoms in total. The number of carbonyl (C=O) groups excluding carboxylic acids is 4. The van der Waals surface area contributed by atoms with Gasteiger partial charge in [-0.25, -0.2) is 0 Å². The van der Waals surface area contributed by atoms with E-state index in [-0.39, 0.29) is 0 Å². The fraction of sp³-hybridized carbons (Fsp3) is 0. The predicted octanol–water partition coefficient (Wildman–Crippen LogP) is 3.79. The number of rotatable bonds is 3. The molecule has 3 aromatic rings. The normalized spacial score (nSPS) is 15.7. The number of hydrogen-bond donors (Lipinski definition) is 0. The van der Waals surface area contributed by atoms with Crippen LogP contribution in [0.4, 0.5) is 0 Å². The summed E-state index contributed by atoms with van der Waals surface area (Å²) in [5.74, 6) is -1.85. The van der Waals surface area contributed by atoms with Crippen molar-refractivity contribution in [3.8, 4) is 0 Å². The molecule has 2 aliphatic heterocycles. The third kappa shape index (κ3) is 2.54. The summed E-state index contributed by atoms with van der Waals surface area (Å²) in [7, 11) is 0. The van der Waals surface area contributed by atoms with E-state index in [1.165, 1.54) is 0 Å². The van der Waals surface area contributed by atoms with Gasteiger partial charge in [-0.1, -0.05) is 0 Å². The molecule has 0 saturated heterocycles. The maximum atomic E-state index is 13.2. The molecule has 2 aliphatic rings. The number of carbonyl (C=O) groups is 4. The van der Waals surface area contributed by atoms with Crippen LogP contribution in [0.15, 0.2) is 78.9 Å². The molecule has 0 aromatic heterocycles. The minimum absolute atomic E-state index is 0.298. The molecule has 29 heavy (non-hydrogen) atoms. The zero-order valence-electron chi connectivity index (χ0n) is 14.9. The van der Waals surface area contributed by atoms with Crippen LogP contribution < -0.4 is 0 Å². The Morgan fingerprint density at radius 2 is 0.759 bits per heavy atom.